The number of nitrogens with zero attached hydrogens (tertiary/aromatic N) is 1. The van der Waals surface area contributed by atoms with E-state index in [0.29, 0.717) is 6.04 Å². The Kier molecular flexibility index (Phi) is 6.03. The Morgan fingerprint density at radius 3 is 2.65 bits per heavy atom. The lowest BCUT2D eigenvalue weighted by Crippen LogP contribution is -2.22. The van der Waals surface area contributed by atoms with Crippen LogP contribution in [0.3, 0.4) is 0 Å². The molecule has 1 heterocycles. The molecule has 1 aliphatic carbocycles. The first-order valence-corrected chi connectivity index (χ1v) is 10.5. The van der Waals surface area contributed by atoms with Crippen LogP contribution >= 0.6 is 34.7 Å². The van der Waals surface area contributed by atoms with E-state index in [9.17, 15) is 0 Å². The highest BCUT2D eigenvalue weighted by molar-refractivity contribution is 7.97. The van der Waals surface area contributed by atoms with Crippen LogP contribution in [0.1, 0.15) is 41.0 Å². The third-order valence-corrected chi connectivity index (χ3v) is 6.14. The number of benzene rings is 1. The number of thioether (sulfide) groups is 1. The van der Waals surface area contributed by atoms with Crippen molar-refractivity contribution in [1.82, 2.24) is 5.43 Å². The third kappa shape index (κ3) is 4.52. The number of halogens is 1. The van der Waals surface area contributed by atoms with Gasteiger partial charge in [0.15, 0.2) is 0 Å². The van der Waals surface area contributed by atoms with Crippen LogP contribution in [-0.4, -0.2) is 18.0 Å². The molecule has 1 aromatic heterocycles. The lowest BCUT2D eigenvalue weighted by molar-refractivity contribution is 0.547. The van der Waals surface area contributed by atoms with E-state index in [-0.39, 0.29) is 0 Å². The molecule has 0 bridgehead atoms. The standard InChI is InChI=1S/C18H21ClN2S2/c1-22-12-16-10-11-17(23-16)18(13-6-8-14(19)9-7-13)21-20-15-4-2-3-5-15/h6-11,15,20H,2-5,12H2,1H3. The van der Waals surface area contributed by atoms with Gasteiger partial charge < -0.3 is 5.43 Å². The van der Waals surface area contributed by atoms with E-state index < -0.39 is 0 Å². The number of hydrogen-bond donors (Lipinski definition) is 1. The molecular weight excluding hydrogens is 344 g/mol. The maximum absolute atomic E-state index is 6.03. The van der Waals surface area contributed by atoms with E-state index in [2.05, 4.69) is 23.8 Å². The molecule has 1 N–H and O–H groups in total. The van der Waals surface area contributed by atoms with Crippen molar-refractivity contribution >= 4 is 40.4 Å². The van der Waals surface area contributed by atoms with Crippen molar-refractivity contribution in [1.29, 1.82) is 0 Å². The first-order valence-electron chi connectivity index (χ1n) is 7.93. The molecule has 122 valence electrons. The molecule has 23 heavy (non-hydrogen) atoms. The summed E-state index contributed by atoms with van der Waals surface area (Å²) in [4.78, 5) is 2.59. The van der Waals surface area contributed by atoms with Gasteiger partial charge in [0.25, 0.3) is 0 Å². The van der Waals surface area contributed by atoms with E-state index in [1.807, 2.05) is 47.4 Å². The number of nitrogens with one attached hydrogen (secondary N) is 1. The molecule has 0 saturated heterocycles. The molecular formula is C18H21ClN2S2. The average Bonchev–Trinajstić information content (AvgIpc) is 3.22. The average molecular weight is 365 g/mol. The van der Waals surface area contributed by atoms with Gasteiger partial charge in [0.1, 0.15) is 5.71 Å². The SMILES string of the molecule is CSCc1ccc(C(=NNC2CCCC2)c2ccc(Cl)cc2)s1. The van der Waals surface area contributed by atoms with Crippen LogP contribution in [0.25, 0.3) is 0 Å². The molecule has 2 nitrogen and oxygen atoms in total. The van der Waals surface area contributed by atoms with Gasteiger partial charge in [0.05, 0.1) is 4.88 Å². The van der Waals surface area contributed by atoms with Crippen LogP contribution in [0.4, 0.5) is 0 Å². The summed E-state index contributed by atoms with van der Waals surface area (Å²) < 4.78 is 0. The molecule has 5 heteroatoms. The summed E-state index contributed by atoms with van der Waals surface area (Å²) in [7, 11) is 0. The van der Waals surface area contributed by atoms with Gasteiger partial charge in [-0.1, -0.05) is 36.6 Å². The summed E-state index contributed by atoms with van der Waals surface area (Å²) in [6.07, 6.45) is 7.19. The smallest absolute Gasteiger partial charge is 0.107 e. The van der Waals surface area contributed by atoms with Crippen LogP contribution in [0.2, 0.25) is 5.02 Å². The molecule has 0 atom stereocenters. The first kappa shape index (κ1) is 16.9. The maximum Gasteiger partial charge on any atom is 0.107 e. The molecule has 0 amide bonds. The minimum Gasteiger partial charge on any atom is -0.306 e. The van der Waals surface area contributed by atoms with Gasteiger partial charge in [-0.15, -0.1) is 11.3 Å². The first-order chi connectivity index (χ1) is 11.3. The summed E-state index contributed by atoms with van der Waals surface area (Å²) in [5.41, 5.74) is 5.52. The van der Waals surface area contributed by atoms with Crippen molar-refractivity contribution in [2.24, 2.45) is 5.10 Å². The van der Waals surface area contributed by atoms with Crippen molar-refractivity contribution in [2.75, 3.05) is 6.26 Å². The molecule has 2 aromatic rings. The van der Waals surface area contributed by atoms with Crippen LogP contribution in [0.5, 0.6) is 0 Å². The minimum atomic E-state index is 0.517. The predicted molar refractivity (Wildman–Crippen MR) is 104 cm³/mol. The van der Waals surface area contributed by atoms with Crippen molar-refractivity contribution < 1.29 is 0 Å². The zero-order valence-corrected chi connectivity index (χ0v) is 15.6. The molecule has 1 aromatic carbocycles. The number of hydrogen-bond acceptors (Lipinski definition) is 4. The van der Waals surface area contributed by atoms with Crippen molar-refractivity contribution in [3.8, 4) is 0 Å². The van der Waals surface area contributed by atoms with Gasteiger partial charge in [-0.2, -0.15) is 16.9 Å². The molecule has 1 fully saturated rings. The van der Waals surface area contributed by atoms with Crippen molar-refractivity contribution in [3.05, 3.63) is 56.7 Å². The molecule has 0 unspecified atom stereocenters. The lowest BCUT2D eigenvalue weighted by Gasteiger charge is -2.11. The lowest BCUT2D eigenvalue weighted by atomic mass is 10.1. The number of thiophene rings is 1. The van der Waals surface area contributed by atoms with Crippen LogP contribution in [0.15, 0.2) is 41.5 Å². The summed E-state index contributed by atoms with van der Waals surface area (Å²) in [6, 6.07) is 12.9. The third-order valence-electron chi connectivity index (χ3n) is 4.01. The fraction of sp³-hybridized carbons (Fsp3) is 0.389. The van der Waals surface area contributed by atoms with Gasteiger partial charge in [-0.25, -0.2) is 0 Å². The van der Waals surface area contributed by atoms with Crippen LogP contribution in [-0.2, 0) is 5.75 Å². The number of hydrazone groups is 1. The minimum absolute atomic E-state index is 0.517. The van der Waals surface area contributed by atoms with E-state index >= 15 is 0 Å². The van der Waals surface area contributed by atoms with E-state index in [1.54, 1.807) is 0 Å². The molecule has 0 spiro atoms. The fourth-order valence-corrected chi connectivity index (χ4v) is 4.72. The second kappa shape index (κ2) is 8.22. The Labute approximate surface area is 151 Å². The Morgan fingerprint density at radius 1 is 1.22 bits per heavy atom. The predicted octanol–water partition coefficient (Wildman–Crippen LogP) is 5.55. The van der Waals surface area contributed by atoms with E-state index in [0.717, 1.165) is 22.1 Å². The van der Waals surface area contributed by atoms with Crippen LogP contribution in [0, 0.1) is 0 Å². The summed E-state index contributed by atoms with van der Waals surface area (Å²) >= 11 is 9.70. The van der Waals surface area contributed by atoms with Gasteiger partial charge in [-0.05, 0) is 43.4 Å². The normalized spacial score (nSPS) is 16.0. The Bertz CT molecular complexity index is 658. The fourth-order valence-electron chi connectivity index (χ4n) is 2.81. The van der Waals surface area contributed by atoms with Crippen molar-refractivity contribution in [3.63, 3.8) is 0 Å². The quantitative estimate of drug-likeness (QED) is 0.536. The Balaban J connectivity index is 1.87. The summed E-state index contributed by atoms with van der Waals surface area (Å²) in [5, 5.41) is 5.53. The van der Waals surface area contributed by atoms with Gasteiger partial charge in [-0.3, -0.25) is 0 Å². The monoisotopic (exact) mass is 364 g/mol. The molecule has 1 saturated carbocycles. The molecule has 0 aliphatic heterocycles. The zero-order valence-electron chi connectivity index (χ0n) is 13.2. The van der Waals surface area contributed by atoms with E-state index in [1.165, 1.54) is 35.4 Å². The van der Waals surface area contributed by atoms with E-state index in [4.69, 9.17) is 16.7 Å². The highest BCUT2D eigenvalue weighted by Crippen LogP contribution is 2.25. The second-order valence-corrected chi connectivity index (χ2v) is 8.25. The zero-order chi connectivity index (χ0) is 16.1. The Hall–Kier alpha value is -0.970. The molecule has 0 radical (unpaired) electrons. The number of rotatable bonds is 6. The molecule has 3 rings (SSSR count). The van der Waals surface area contributed by atoms with Gasteiger partial charge in [0.2, 0.25) is 0 Å². The largest absolute Gasteiger partial charge is 0.306 e. The second-order valence-electron chi connectivity index (χ2n) is 5.78. The maximum atomic E-state index is 6.03. The molecule has 1 aliphatic rings. The highest BCUT2D eigenvalue weighted by Gasteiger charge is 2.15. The Morgan fingerprint density at radius 2 is 1.96 bits per heavy atom. The van der Waals surface area contributed by atoms with Gasteiger partial charge in [0, 0.05) is 27.3 Å². The summed E-state index contributed by atoms with van der Waals surface area (Å²) in [6.45, 7) is 0. The van der Waals surface area contributed by atoms with Gasteiger partial charge >= 0.3 is 0 Å². The topological polar surface area (TPSA) is 24.4 Å². The van der Waals surface area contributed by atoms with Crippen LogP contribution < -0.4 is 5.43 Å². The highest BCUT2D eigenvalue weighted by atomic mass is 35.5. The summed E-state index contributed by atoms with van der Waals surface area (Å²) in [5.74, 6) is 1.05. The van der Waals surface area contributed by atoms with Crippen molar-refractivity contribution in [2.45, 2.75) is 37.5 Å².